The van der Waals surface area contributed by atoms with Gasteiger partial charge in [0, 0.05) is 11.1 Å². The van der Waals surface area contributed by atoms with E-state index in [-0.39, 0.29) is 12.5 Å². The van der Waals surface area contributed by atoms with Crippen LogP contribution >= 0.6 is 15.9 Å². The fourth-order valence-electron chi connectivity index (χ4n) is 1.46. The van der Waals surface area contributed by atoms with Crippen molar-refractivity contribution < 1.29 is 9.15 Å². The molecule has 0 unspecified atom stereocenters. The number of ether oxygens (including phenoxy) is 1. The number of benzene rings is 1. The fraction of sp³-hybridized carbons (Fsp3) is 0.364. The van der Waals surface area contributed by atoms with Gasteiger partial charge in [0.15, 0.2) is 5.58 Å². The van der Waals surface area contributed by atoms with Crippen molar-refractivity contribution in [3.05, 3.63) is 33.2 Å². The molecule has 0 spiro atoms. The maximum absolute atomic E-state index is 11.5. The van der Waals surface area contributed by atoms with E-state index in [0.29, 0.717) is 12.2 Å². The van der Waals surface area contributed by atoms with Crippen molar-refractivity contribution in [2.45, 2.75) is 20.1 Å². The average Bonchev–Trinajstić information content (AvgIpc) is 2.55. The predicted octanol–water partition coefficient (Wildman–Crippen LogP) is 2.74. The van der Waals surface area contributed by atoms with Crippen LogP contribution in [0.2, 0.25) is 0 Å². The second-order valence-corrected chi connectivity index (χ2v) is 4.36. The maximum Gasteiger partial charge on any atom is 0.421 e. The minimum atomic E-state index is -0.385. The lowest BCUT2D eigenvalue weighted by molar-refractivity contribution is 0.0755. The zero-order chi connectivity index (χ0) is 11.5. The molecular formula is C11H12BrNO3. The van der Waals surface area contributed by atoms with Crippen molar-refractivity contribution >= 4 is 27.0 Å². The molecule has 0 bridgehead atoms. The molecule has 0 saturated heterocycles. The van der Waals surface area contributed by atoms with Gasteiger partial charge in [-0.05, 0) is 24.6 Å². The van der Waals surface area contributed by atoms with Crippen LogP contribution in [0.1, 0.15) is 13.3 Å². The number of fused-ring (bicyclic) bond motifs is 1. The molecule has 86 valence electrons. The molecule has 0 aliphatic rings. The van der Waals surface area contributed by atoms with Crippen LogP contribution in [-0.2, 0) is 11.5 Å². The van der Waals surface area contributed by atoms with Gasteiger partial charge in [-0.1, -0.05) is 22.9 Å². The zero-order valence-corrected chi connectivity index (χ0v) is 10.5. The molecule has 5 heteroatoms. The monoisotopic (exact) mass is 285 g/mol. The standard InChI is InChI=1S/C11H12BrNO3/c1-2-5-15-7-13-9-4-3-8(12)6-10(9)16-11(13)14/h3-4,6H,2,5,7H2,1H3. The summed E-state index contributed by atoms with van der Waals surface area (Å²) in [4.78, 5) is 11.5. The van der Waals surface area contributed by atoms with Gasteiger partial charge in [0.25, 0.3) is 0 Å². The highest BCUT2D eigenvalue weighted by atomic mass is 79.9. The summed E-state index contributed by atoms with van der Waals surface area (Å²) in [6.45, 7) is 2.89. The molecule has 0 fully saturated rings. The van der Waals surface area contributed by atoms with Crippen LogP contribution in [0.3, 0.4) is 0 Å². The number of aromatic nitrogens is 1. The second-order valence-electron chi connectivity index (χ2n) is 3.45. The number of rotatable bonds is 4. The molecule has 1 heterocycles. The minimum Gasteiger partial charge on any atom is -0.408 e. The van der Waals surface area contributed by atoms with Crippen molar-refractivity contribution in [1.29, 1.82) is 0 Å². The lowest BCUT2D eigenvalue weighted by Gasteiger charge is -2.02. The number of oxazole rings is 1. The number of nitrogens with zero attached hydrogens (tertiary/aromatic N) is 1. The third-order valence-electron chi connectivity index (χ3n) is 2.20. The largest absolute Gasteiger partial charge is 0.421 e. The molecule has 4 nitrogen and oxygen atoms in total. The zero-order valence-electron chi connectivity index (χ0n) is 8.90. The van der Waals surface area contributed by atoms with Gasteiger partial charge in [-0.15, -0.1) is 0 Å². The topological polar surface area (TPSA) is 44.4 Å². The van der Waals surface area contributed by atoms with Crippen LogP contribution in [0, 0.1) is 0 Å². The molecule has 2 rings (SSSR count). The molecule has 0 N–H and O–H groups in total. The van der Waals surface area contributed by atoms with Gasteiger partial charge in [-0.25, -0.2) is 9.36 Å². The Hall–Kier alpha value is -1.07. The van der Waals surface area contributed by atoms with Crippen molar-refractivity contribution in [3.8, 4) is 0 Å². The van der Waals surface area contributed by atoms with Gasteiger partial charge in [-0.3, -0.25) is 0 Å². The molecule has 0 amide bonds. The first-order valence-electron chi connectivity index (χ1n) is 5.09. The van der Waals surface area contributed by atoms with E-state index in [2.05, 4.69) is 15.9 Å². The van der Waals surface area contributed by atoms with Gasteiger partial charge in [-0.2, -0.15) is 0 Å². The Balaban J connectivity index is 2.36. The lowest BCUT2D eigenvalue weighted by atomic mass is 10.3. The van der Waals surface area contributed by atoms with Gasteiger partial charge in [0.05, 0.1) is 5.52 Å². The molecule has 2 aromatic rings. The van der Waals surface area contributed by atoms with E-state index in [4.69, 9.17) is 9.15 Å². The highest BCUT2D eigenvalue weighted by Crippen LogP contribution is 2.18. The Morgan fingerprint density at radius 1 is 1.50 bits per heavy atom. The highest BCUT2D eigenvalue weighted by molar-refractivity contribution is 9.10. The maximum atomic E-state index is 11.5. The van der Waals surface area contributed by atoms with E-state index < -0.39 is 0 Å². The summed E-state index contributed by atoms with van der Waals surface area (Å²) >= 11 is 3.33. The Morgan fingerprint density at radius 3 is 3.06 bits per heavy atom. The molecule has 0 aliphatic heterocycles. The van der Waals surface area contributed by atoms with Gasteiger partial charge in [0.2, 0.25) is 0 Å². The summed E-state index contributed by atoms with van der Waals surface area (Å²) in [5, 5.41) is 0. The van der Waals surface area contributed by atoms with Gasteiger partial charge in [0.1, 0.15) is 6.73 Å². The van der Waals surface area contributed by atoms with Crippen LogP contribution in [0.15, 0.2) is 31.9 Å². The Kier molecular flexibility index (Phi) is 3.46. The summed E-state index contributed by atoms with van der Waals surface area (Å²) in [7, 11) is 0. The number of hydrogen-bond acceptors (Lipinski definition) is 3. The molecule has 0 atom stereocenters. The minimum absolute atomic E-state index is 0.237. The SMILES string of the molecule is CCCOCn1c(=O)oc2cc(Br)ccc21. The van der Waals surface area contributed by atoms with E-state index in [0.717, 1.165) is 16.4 Å². The molecule has 0 saturated carbocycles. The number of halogens is 1. The summed E-state index contributed by atoms with van der Waals surface area (Å²) in [5.41, 5.74) is 1.32. The average molecular weight is 286 g/mol. The summed E-state index contributed by atoms with van der Waals surface area (Å²) in [5.74, 6) is -0.385. The summed E-state index contributed by atoms with van der Waals surface area (Å²) < 4.78 is 12.8. The third-order valence-corrected chi connectivity index (χ3v) is 2.69. The van der Waals surface area contributed by atoms with Crippen LogP contribution in [0.25, 0.3) is 11.1 Å². The third kappa shape index (κ3) is 2.20. The fourth-order valence-corrected chi connectivity index (χ4v) is 1.80. The van der Waals surface area contributed by atoms with Crippen molar-refractivity contribution in [2.24, 2.45) is 0 Å². The van der Waals surface area contributed by atoms with Crippen LogP contribution in [0.4, 0.5) is 0 Å². The molecule has 0 aliphatic carbocycles. The quantitative estimate of drug-likeness (QED) is 0.812. The normalized spacial score (nSPS) is 11.1. The molecular weight excluding hydrogens is 274 g/mol. The molecule has 16 heavy (non-hydrogen) atoms. The van der Waals surface area contributed by atoms with E-state index >= 15 is 0 Å². The summed E-state index contributed by atoms with van der Waals surface area (Å²) in [6.07, 6.45) is 0.927. The van der Waals surface area contributed by atoms with E-state index in [1.165, 1.54) is 4.57 Å². The Morgan fingerprint density at radius 2 is 2.31 bits per heavy atom. The first-order valence-corrected chi connectivity index (χ1v) is 5.88. The second kappa shape index (κ2) is 4.84. The van der Waals surface area contributed by atoms with Gasteiger partial charge >= 0.3 is 5.76 Å². The highest BCUT2D eigenvalue weighted by Gasteiger charge is 2.08. The Labute approximate surface area is 101 Å². The first-order chi connectivity index (χ1) is 7.72. The van der Waals surface area contributed by atoms with E-state index in [9.17, 15) is 4.79 Å². The number of hydrogen-bond donors (Lipinski definition) is 0. The molecule has 1 aromatic heterocycles. The van der Waals surface area contributed by atoms with Crippen molar-refractivity contribution in [2.75, 3.05) is 6.61 Å². The van der Waals surface area contributed by atoms with E-state index in [1.807, 2.05) is 19.1 Å². The predicted molar refractivity (Wildman–Crippen MR) is 64.4 cm³/mol. The Bertz CT molecular complexity index is 544. The first kappa shape index (κ1) is 11.4. The summed E-state index contributed by atoms with van der Waals surface area (Å²) in [6, 6.07) is 5.47. The van der Waals surface area contributed by atoms with Crippen molar-refractivity contribution in [3.63, 3.8) is 0 Å². The van der Waals surface area contributed by atoms with Crippen LogP contribution in [-0.4, -0.2) is 11.2 Å². The van der Waals surface area contributed by atoms with Crippen LogP contribution < -0.4 is 5.76 Å². The van der Waals surface area contributed by atoms with Crippen molar-refractivity contribution in [1.82, 2.24) is 4.57 Å². The van der Waals surface area contributed by atoms with Crippen LogP contribution in [0.5, 0.6) is 0 Å². The molecule has 1 aromatic carbocycles. The smallest absolute Gasteiger partial charge is 0.408 e. The van der Waals surface area contributed by atoms with E-state index in [1.54, 1.807) is 6.07 Å². The molecule has 0 radical (unpaired) electrons. The lowest BCUT2D eigenvalue weighted by Crippen LogP contribution is -2.16. The van der Waals surface area contributed by atoms with Gasteiger partial charge < -0.3 is 9.15 Å².